The highest BCUT2D eigenvalue weighted by molar-refractivity contribution is 5.45. The molecule has 0 fully saturated rings. The third-order valence-corrected chi connectivity index (χ3v) is 4.65. The molecule has 0 aliphatic heterocycles. The molecule has 0 aromatic heterocycles. The van der Waals surface area contributed by atoms with Crippen LogP contribution in [0.5, 0.6) is 0 Å². The van der Waals surface area contributed by atoms with Crippen molar-refractivity contribution in [2.24, 2.45) is 5.41 Å². The quantitative estimate of drug-likeness (QED) is 0.577. The molecule has 5 nitrogen and oxygen atoms in total. The number of halogens is 1. The van der Waals surface area contributed by atoms with Gasteiger partial charge in [0.15, 0.2) is 0 Å². The summed E-state index contributed by atoms with van der Waals surface area (Å²) in [6.07, 6.45) is 3.75. The van der Waals surface area contributed by atoms with Gasteiger partial charge in [0.1, 0.15) is 11.6 Å². The summed E-state index contributed by atoms with van der Waals surface area (Å²) >= 11 is 0. The van der Waals surface area contributed by atoms with E-state index in [1.807, 2.05) is 18.9 Å². The summed E-state index contributed by atoms with van der Waals surface area (Å²) in [5.41, 5.74) is 0.932. The molecule has 2 atom stereocenters. The van der Waals surface area contributed by atoms with Crippen molar-refractivity contribution in [1.29, 1.82) is 0 Å². The fraction of sp³-hybridized carbons (Fsp3) is 0.474. The fourth-order valence-electron chi connectivity index (χ4n) is 3.02. The summed E-state index contributed by atoms with van der Waals surface area (Å²) in [6.45, 7) is 2.98. The van der Waals surface area contributed by atoms with Crippen molar-refractivity contribution in [1.82, 2.24) is 5.32 Å². The highest BCUT2D eigenvalue weighted by Crippen LogP contribution is 2.32. The van der Waals surface area contributed by atoms with Crippen LogP contribution in [0.15, 0.2) is 47.7 Å². The Morgan fingerprint density at radius 2 is 1.96 bits per heavy atom. The van der Waals surface area contributed by atoms with E-state index in [0.29, 0.717) is 25.1 Å². The second kappa shape index (κ2) is 8.47. The molecule has 1 aliphatic rings. The van der Waals surface area contributed by atoms with E-state index in [4.69, 9.17) is 0 Å². The Kier molecular flexibility index (Phi) is 6.58. The molecule has 1 aromatic rings. The molecule has 138 valence electrons. The Hall–Kier alpha value is -1.89. The summed E-state index contributed by atoms with van der Waals surface area (Å²) < 4.78 is 13.0. The second-order valence-corrected chi connectivity index (χ2v) is 6.82. The van der Waals surface area contributed by atoms with Crippen LogP contribution in [0.2, 0.25) is 0 Å². The molecule has 0 saturated heterocycles. The third-order valence-electron chi connectivity index (χ3n) is 4.65. The molecule has 6 heteroatoms. The average Bonchev–Trinajstić information content (AvgIpc) is 2.62. The highest BCUT2D eigenvalue weighted by atomic mass is 19.1. The predicted molar refractivity (Wildman–Crippen MR) is 97.2 cm³/mol. The van der Waals surface area contributed by atoms with Crippen molar-refractivity contribution in [2.75, 3.05) is 38.3 Å². The second-order valence-electron chi connectivity index (χ2n) is 6.82. The number of aliphatic hydroxyl groups is 3. The van der Waals surface area contributed by atoms with Gasteiger partial charge in [-0.25, -0.2) is 4.39 Å². The van der Waals surface area contributed by atoms with Gasteiger partial charge in [0.2, 0.25) is 0 Å². The van der Waals surface area contributed by atoms with Crippen LogP contribution in [-0.4, -0.2) is 54.7 Å². The van der Waals surface area contributed by atoms with Crippen LogP contribution in [-0.2, 0) is 0 Å². The van der Waals surface area contributed by atoms with Gasteiger partial charge in [-0.3, -0.25) is 0 Å². The minimum Gasteiger partial charge on any atom is -0.508 e. The average molecular weight is 350 g/mol. The van der Waals surface area contributed by atoms with Crippen LogP contribution >= 0.6 is 0 Å². The van der Waals surface area contributed by atoms with Gasteiger partial charge in [0, 0.05) is 37.3 Å². The lowest BCUT2D eigenvalue weighted by Crippen LogP contribution is -2.45. The molecule has 1 aliphatic carbocycles. The van der Waals surface area contributed by atoms with Crippen LogP contribution < -0.4 is 10.2 Å². The number of likely N-dealkylation sites (N-methyl/N-ethyl adjacent to an activating group) is 1. The number of nitrogens with one attached hydrogen (secondary N) is 1. The molecule has 0 radical (unpaired) electrons. The normalized spacial score (nSPS) is 21.5. The first-order chi connectivity index (χ1) is 11.9. The van der Waals surface area contributed by atoms with E-state index in [9.17, 15) is 19.7 Å². The Balaban J connectivity index is 1.91. The van der Waals surface area contributed by atoms with E-state index < -0.39 is 5.41 Å². The maximum Gasteiger partial charge on any atom is 0.123 e. The smallest absolute Gasteiger partial charge is 0.123 e. The lowest BCUT2D eigenvalue weighted by molar-refractivity contribution is 0.152. The lowest BCUT2D eigenvalue weighted by Gasteiger charge is -2.34. The molecule has 2 unspecified atom stereocenters. The SMILES string of the molecule is CC(CN(C)c1ccc(F)cc1)NCC1(CO)C=CC(O)=C(CO)C1. The van der Waals surface area contributed by atoms with Crippen LogP contribution in [0.3, 0.4) is 0 Å². The third kappa shape index (κ3) is 5.04. The Morgan fingerprint density at radius 3 is 2.56 bits per heavy atom. The van der Waals surface area contributed by atoms with Gasteiger partial charge in [-0.15, -0.1) is 0 Å². The predicted octanol–water partition coefficient (Wildman–Crippen LogP) is 1.98. The van der Waals surface area contributed by atoms with Crippen molar-refractivity contribution >= 4 is 5.69 Å². The van der Waals surface area contributed by atoms with Crippen molar-refractivity contribution in [3.8, 4) is 0 Å². The molecule has 0 saturated carbocycles. The summed E-state index contributed by atoms with van der Waals surface area (Å²) in [5, 5.41) is 32.3. The van der Waals surface area contributed by atoms with Gasteiger partial charge in [-0.2, -0.15) is 0 Å². The van der Waals surface area contributed by atoms with E-state index in [1.165, 1.54) is 12.1 Å². The summed E-state index contributed by atoms with van der Waals surface area (Å²) in [7, 11) is 1.94. The first-order valence-corrected chi connectivity index (χ1v) is 8.41. The van der Waals surface area contributed by atoms with E-state index in [2.05, 4.69) is 5.32 Å². The minimum atomic E-state index is -0.535. The van der Waals surface area contributed by atoms with Gasteiger partial charge in [-0.1, -0.05) is 6.08 Å². The Labute approximate surface area is 148 Å². The number of allylic oxidation sites excluding steroid dienone is 1. The first kappa shape index (κ1) is 19.4. The summed E-state index contributed by atoms with van der Waals surface area (Å²) in [6, 6.07) is 6.48. The fourth-order valence-corrected chi connectivity index (χ4v) is 3.02. The zero-order chi connectivity index (χ0) is 18.4. The molecule has 0 spiro atoms. The number of benzene rings is 1. The number of rotatable bonds is 8. The number of hydrogen-bond donors (Lipinski definition) is 4. The van der Waals surface area contributed by atoms with Crippen molar-refractivity contribution in [3.63, 3.8) is 0 Å². The molecule has 0 amide bonds. The zero-order valence-electron chi connectivity index (χ0n) is 14.7. The lowest BCUT2D eigenvalue weighted by atomic mass is 9.78. The maximum absolute atomic E-state index is 13.0. The molecular formula is C19H27FN2O3. The highest BCUT2D eigenvalue weighted by Gasteiger charge is 2.31. The maximum atomic E-state index is 13.0. The Morgan fingerprint density at radius 1 is 1.28 bits per heavy atom. The number of aliphatic hydroxyl groups excluding tert-OH is 3. The molecule has 1 aromatic carbocycles. The van der Waals surface area contributed by atoms with E-state index in [1.54, 1.807) is 24.3 Å². The van der Waals surface area contributed by atoms with Crippen LogP contribution in [0.1, 0.15) is 13.3 Å². The monoisotopic (exact) mass is 350 g/mol. The van der Waals surface area contributed by atoms with E-state index in [0.717, 1.165) is 5.69 Å². The van der Waals surface area contributed by atoms with Gasteiger partial charge < -0.3 is 25.5 Å². The summed E-state index contributed by atoms with van der Waals surface area (Å²) in [4.78, 5) is 2.03. The summed E-state index contributed by atoms with van der Waals surface area (Å²) in [5.74, 6) is -0.177. The van der Waals surface area contributed by atoms with Crippen molar-refractivity contribution < 1.29 is 19.7 Å². The van der Waals surface area contributed by atoms with Gasteiger partial charge in [-0.05, 0) is 49.3 Å². The topological polar surface area (TPSA) is 76.0 Å². The molecule has 2 rings (SSSR count). The zero-order valence-corrected chi connectivity index (χ0v) is 14.7. The molecule has 4 N–H and O–H groups in total. The number of anilines is 1. The largest absolute Gasteiger partial charge is 0.508 e. The van der Waals surface area contributed by atoms with Crippen LogP contribution in [0, 0.1) is 11.2 Å². The molecule has 0 heterocycles. The molecule has 25 heavy (non-hydrogen) atoms. The number of nitrogens with zero attached hydrogens (tertiary/aromatic N) is 1. The van der Waals surface area contributed by atoms with E-state index >= 15 is 0 Å². The molecular weight excluding hydrogens is 323 g/mol. The van der Waals surface area contributed by atoms with Gasteiger partial charge in [0.25, 0.3) is 0 Å². The Bertz CT molecular complexity index is 630. The molecule has 0 bridgehead atoms. The van der Waals surface area contributed by atoms with Crippen molar-refractivity contribution in [3.05, 3.63) is 53.6 Å². The first-order valence-electron chi connectivity index (χ1n) is 8.41. The van der Waals surface area contributed by atoms with Gasteiger partial charge in [0.05, 0.1) is 13.2 Å². The van der Waals surface area contributed by atoms with Gasteiger partial charge >= 0.3 is 0 Å². The van der Waals surface area contributed by atoms with Crippen LogP contribution in [0.4, 0.5) is 10.1 Å². The minimum absolute atomic E-state index is 0.0756. The van der Waals surface area contributed by atoms with Crippen molar-refractivity contribution in [2.45, 2.75) is 19.4 Å². The standard InChI is InChI=1S/C19H27FN2O3/c1-14(10-22(2)17-5-3-16(20)4-6-17)21-12-19(13-24)8-7-18(25)15(9-19)11-23/h3-8,14,21,23-25H,9-13H2,1-2H3. The van der Waals surface area contributed by atoms with Crippen LogP contribution in [0.25, 0.3) is 0 Å². The number of hydrogen-bond acceptors (Lipinski definition) is 5. The van der Waals surface area contributed by atoms with E-state index in [-0.39, 0.29) is 30.8 Å².